The van der Waals surface area contributed by atoms with E-state index in [1.54, 1.807) is 0 Å². The molecule has 1 N–H and O–H groups in total. The Morgan fingerprint density at radius 1 is 1.25 bits per heavy atom. The second kappa shape index (κ2) is 6.85. The third-order valence-electron chi connectivity index (χ3n) is 3.66. The van der Waals surface area contributed by atoms with Crippen LogP contribution in [0.25, 0.3) is 0 Å². The fourth-order valence-corrected chi connectivity index (χ4v) is 2.87. The Balaban J connectivity index is 1.90. The van der Waals surface area contributed by atoms with Gasteiger partial charge in [-0.3, -0.25) is 4.90 Å². The van der Waals surface area contributed by atoms with E-state index in [1.165, 1.54) is 12.8 Å². The first-order valence-electron chi connectivity index (χ1n) is 7.51. The monoisotopic (exact) mass is 340 g/mol. The molecule has 0 unspecified atom stereocenters. The van der Waals surface area contributed by atoms with Crippen molar-refractivity contribution in [2.45, 2.75) is 58.5 Å². The molecule has 0 saturated heterocycles. The summed E-state index contributed by atoms with van der Waals surface area (Å²) in [5.74, 6) is 2.49. The highest BCUT2D eigenvalue weighted by atomic mass is 79.9. The van der Waals surface area contributed by atoms with Gasteiger partial charge >= 0.3 is 0 Å². The van der Waals surface area contributed by atoms with Crippen LogP contribution in [0.3, 0.4) is 0 Å². The van der Waals surface area contributed by atoms with E-state index in [0.717, 1.165) is 29.3 Å². The minimum Gasteiger partial charge on any atom is -0.369 e. The highest BCUT2D eigenvalue weighted by Gasteiger charge is 2.27. The van der Waals surface area contributed by atoms with Gasteiger partial charge in [-0.25, -0.2) is 9.97 Å². The first kappa shape index (κ1) is 15.7. The van der Waals surface area contributed by atoms with E-state index in [0.29, 0.717) is 18.0 Å². The van der Waals surface area contributed by atoms with Crippen LogP contribution in [-0.2, 0) is 0 Å². The molecule has 0 radical (unpaired) electrons. The molecule has 5 heteroatoms. The second-order valence-corrected chi connectivity index (χ2v) is 6.87. The van der Waals surface area contributed by atoms with Crippen LogP contribution in [-0.4, -0.2) is 40.0 Å². The highest BCUT2D eigenvalue weighted by molar-refractivity contribution is 9.10. The van der Waals surface area contributed by atoms with Gasteiger partial charge in [-0.15, -0.1) is 0 Å². The van der Waals surface area contributed by atoms with Crippen LogP contribution < -0.4 is 5.32 Å². The number of nitrogens with one attached hydrogen (secondary N) is 1. The maximum absolute atomic E-state index is 4.61. The lowest BCUT2D eigenvalue weighted by Crippen LogP contribution is -2.40. The highest BCUT2D eigenvalue weighted by Crippen LogP contribution is 2.38. The SMILES string of the molecule is CC(C)N(CCNc1cc(Br)nc(C2CC2)n1)C(C)C. The second-order valence-electron chi connectivity index (χ2n) is 6.06. The van der Waals surface area contributed by atoms with Crippen molar-refractivity contribution in [1.29, 1.82) is 0 Å². The molecule has 2 rings (SSSR count). The Bertz CT molecular complexity index is 435. The Hall–Kier alpha value is -0.680. The number of nitrogens with zero attached hydrogens (tertiary/aromatic N) is 3. The van der Waals surface area contributed by atoms with Gasteiger partial charge in [-0.05, 0) is 56.5 Å². The predicted molar refractivity (Wildman–Crippen MR) is 87.2 cm³/mol. The third kappa shape index (κ3) is 4.42. The normalized spacial score (nSPS) is 15.4. The molecule has 1 aromatic heterocycles. The van der Waals surface area contributed by atoms with Gasteiger partial charge in [0.25, 0.3) is 0 Å². The minimum atomic E-state index is 0.566. The van der Waals surface area contributed by atoms with Crippen LogP contribution >= 0.6 is 15.9 Å². The van der Waals surface area contributed by atoms with E-state index >= 15 is 0 Å². The van der Waals surface area contributed by atoms with Crippen molar-refractivity contribution < 1.29 is 0 Å². The first-order valence-corrected chi connectivity index (χ1v) is 8.30. The zero-order chi connectivity index (χ0) is 14.7. The molecule has 20 heavy (non-hydrogen) atoms. The summed E-state index contributed by atoms with van der Waals surface area (Å²) in [7, 11) is 0. The Morgan fingerprint density at radius 3 is 2.45 bits per heavy atom. The van der Waals surface area contributed by atoms with Crippen LogP contribution in [0.5, 0.6) is 0 Å². The van der Waals surface area contributed by atoms with Gasteiger partial charge in [0.15, 0.2) is 0 Å². The molecule has 1 aliphatic rings. The molecule has 0 spiro atoms. The van der Waals surface area contributed by atoms with Gasteiger partial charge in [0.2, 0.25) is 0 Å². The van der Waals surface area contributed by atoms with Crippen molar-refractivity contribution in [3.63, 3.8) is 0 Å². The summed E-state index contributed by atoms with van der Waals surface area (Å²) < 4.78 is 0.876. The summed E-state index contributed by atoms with van der Waals surface area (Å²) in [6.45, 7) is 10.9. The third-order valence-corrected chi connectivity index (χ3v) is 4.06. The van der Waals surface area contributed by atoms with Gasteiger partial charge in [-0.1, -0.05) is 0 Å². The lowest BCUT2D eigenvalue weighted by Gasteiger charge is -2.30. The van der Waals surface area contributed by atoms with Crippen molar-refractivity contribution in [2.24, 2.45) is 0 Å². The van der Waals surface area contributed by atoms with E-state index in [-0.39, 0.29) is 0 Å². The summed E-state index contributed by atoms with van der Waals surface area (Å²) in [6.07, 6.45) is 2.45. The maximum Gasteiger partial charge on any atom is 0.135 e. The predicted octanol–water partition coefficient (Wildman–Crippen LogP) is 3.65. The topological polar surface area (TPSA) is 41.0 Å². The van der Waals surface area contributed by atoms with Gasteiger partial charge < -0.3 is 5.32 Å². The van der Waals surface area contributed by atoms with E-state index < -0.39 is 0 Å². The van der Waals surface area contributed by atoms with Gasteiger partial charge in [0.05, 0.1) is 0 Å². The fourth-order valence-electron chi connectivity index (χ4n) is 2.48. The number of halogens is 1. The molecule has 0 bridgehead atoms. The van der Waals surface area contributed by atoms with E-state index in [9.17, 15) is 0 Å². The van der Waals surface area contributed by atoms with E-state index in [2.05, 4.69) is 63.8 Å². The zero-order valence-corrected chi connectivity index (χ0v) is 14.4. The molecule has 0 amide bonds. The van der Waals surface area contributed by atoms with E-state index in [4.69, 9.17) is 0 Å². The molecule has 0 aliphatic heterocycles. The number of aromatic nitrogens is 2. The summed E-state index contributed by atoms with van der Waals surface area (Å²) >= 11 is 3.47. The van der Waals surface area contributed by atoms with Gasteiger partial charge in [-0.2, -0.15) is 0 Å². The van der Waals surface area contributed by atoms with Crippen molar-refractivity contribution in [2.75, 3.05) is 18.4 Å². The summed E-state index contributed by atoms with van der Waals surface area (Å²) in [5, 5.41) is 3.43. The van der Waals surface area contributed by atoms with Crippen molar-refractivity contribution in [3.8, 4) is 0 Å². The largest absolute Gasteiger partial charge is 0.369 e. The molecule has 0 atom stereocenters. The Morgan fingerprint density at radius 2 is 1.90 bits per heavy atom. The van der Waals surface area contributed by atoms with Crippen LogP contribution in [0.4, 0.5) is 5.82 Å². The molecule has 4 nitrogen and oxygen atoms in total. The van der Waals surface area contributed by atoms with Crippen LogP contribution in [0, 0.1) is 0 Å². The van der Waals surface area contributed by atoms with Crippen LogP contribution in [0.15, 0.2) is 10.7 Å². The number of hydrogen-bond donors (Lipinski definition) is 1. The van der Waals surface area contributed by atoms with Crippen molar-refractivity contribution >= 4 is 21.7 Å². The molecular weight excluding hydrogens is 316 g/mol. The average Bonchev–Trinajstić information content (AvgIpc) is 3.17. The molecule has 1 fully saturated rings. The molecule has 112 valence electrons. The molecule has 1 aromatic rings. The van der Waals surface area contributed by atoms with E-state index in [1.807, 2.05) is 6.07 Å². The molecule has 1 aliphatic carbocycles. The zero-order valence-electron chi connectivity index (χ0n) is 12.9. The lowest BCUT2D eigenvalue weighted by atomic mass is 10.2. The Labute approximate surface area is 130 Å². The molecule has 1 saturated carbocycles. The van der Waals surface area contributed by atoms with Crippen molar-refractivity contribution in [3.05, 3.63) is 16.5 Å². The van der Waals surface area contributed by atoms with Gasteiger partial charge in [0.1, 0.15) is 16.2 Å². The quantitative estimate of drug-likeness (QED) is 0.769. The van der Waals surface area contributed by atoms with Crippen molar-refractivity contribution in [1.82, 2.24) is 14.9 Å². The number of anilines is 1. The number of rotatable bonds is 7. The fraction of sp³-hybridized carbons (Fsp3) is 0.733. The Kier molecular flexibility index (Phi) is 5.38. The maximum atomic E-state index is 4.61. The number of hydrogen-bond acceptors (Lipinski definition) is 4. The summed E-state index contributed by atoms with van der Waals surface area (Å²) in [4.78, 5) is 11.5. The summed E-state index contributed by atoms with van der Waals surface area (Å²) in [6, 6.07) is 3.09. The average molecular weight is 341 g/mol. The van der Waals surface area contributed by atoms with Crippen LogP contribution in [0.2, 0.25) is 0 Å². The molecule has 0 aromatic carbocycles. The van der Waals surface area contributed by atoms with Gasteiger partial charge in [0, 0.05) is 37.2 Å². The summed E-state index contributed by atoms with van der Waals surface area (Å²) in [5.41, 5.74) is 0. The lowest BCUT2D eigenvalue weighted by molar-refractivity contribution is 0.182. The molecule has 1 heterocycles. The van der Waals surface area contributed by atoms with Crippen LogP contribution in [0.1, 0.15) is 52.3 Å². The smallest absolute Gasteiger partial charge is 0.135 e. The first-order chi connectivity index (χ1) is 9.47. The molecular formula is C15H25BrN4. The standard InChI is InChI=1S/C15H25BrN4/c1-10(2)20(11(3)4)8-7-17-14-9-13(16)18-15(19-14)12-5-6-12/h9-12H,5-8H2,1-4H3,(H,17,18,19). The minimum absolute atomic E-state index is 0.566.